The number of amides is 1. The van der Waals surface area contributed by atoms with Gasteiger partial charge in [-0.15, -0.1) is 13.2 Å². The molecule has 24 heavy (non-hydrogen) atoms. The summed E-state index contributed by atoms with van der Waals surface area (Å²) in [5, 5.41) is 11.7. The minimum absolute atomic E-state index is 0.374. The van der Waals surface area contributed by atoms with E-state index in [4.69, 9.17) is 0 Å². The standard InChI is InChI=1S/C10H4BrF7N2O4/c11-5-3-4(20(22)23)1-2-6(5)19-7(21)8(12,9(13,14)15)24-10(16,17)18/h1-3H,(H,19,21). The average Bonchev–Trinajstić information content (AvgIpc) is 2.37. The summed E-state index contributed by atoms with van der Waals surface area (Å²) in [5.41, 5.74) is -1.20. The summed E-state index contributed by atoms with van der Waals surface area (Å²) in [7, 11) is 0. The molecule has 6 nitrogen and oxygen atoms in total. The van der Waals surface area contributed by atoms with E-state index in [9.17, 15) is 45.6 Å². The van der Waals surface area contributed by atoms with Gasteiger partial charge in [-0.05, 0) is 22.0 Å². The summed E-state index contributed by atoms with van der Waals surface area (Å²) < 4.78 is 88.9. The second-order valence-electron chi connectivity index (χ2n) is 4.02. The van der Waals surface area contributed by atoms with Gasteiger partial charge in [0, 0.05) is 16.6 Å². The van der Waals surface area contributed by atoms with Crippen molar-refractivity contribution in [2.24, 2.45) is 0 Å². The fraction of sp³-hybridized carbons (Fsp3) is 0.300. The molecule has 1 atom stereocenters. The number of ether oxygens (including phenoxy) is 1. The van der Waals surface area contributed by atoms with Crippen molar-refractivity contribution < 1.29 is 45.2 Å². The number of non-ortho nitro benzene ring substituents is 1. The molecule has 0 aromatic heterocycles. The number of nitrogens with one attached hydrogen (secondary N) is 1. The first kappa shape index (κ1) is 20.1. The monoisotopic (exact) mass is 428 g/mol. The SMILES string of the molecule is O=C(Nc1ccc([N+](=O)[O-])cc1Br)C(F)(OC(F)(F)F)C(F)(F)F. The molecule has 0 aliphatic rings. The molecule has 0 spiro atoms. The average molecular weight is 429 g/mol. The number of carbonyl (C=O) groups excluding carboxylic acids is 1. The zero-order valence-corrected chi connectivity index (χ0v) is 12.4. The van der Waals surface area contributed by atoms with Crippen LogP contribution in [0, 0.1) is 10.1 Å². The lowest BCUT2D eigenvalue weighted by molar-refractivity contribution is -0.431. The Kier molecular flexibility index (Phi) is 5.44. The minimum Gasteiger partial charge on any atom is -0.320 e. The number of nitrogens with zero attached hydrogens (tertiary/aromatic N) is 1. The zero-order chi connectivity index (χ0) is 18.9. The quantitative estimate of drug-likeness (QED) is 0.445. The van der Waals surface area contributed by atoms with Crippen LogP contribution in [0.15, 0.2) is 22.7 Å². The lowest BCUT2D eigenvalue weighted by Crippen LogP contribution is -2.55. The van der Waals surface area contributed by atoms with Crippen LogP contribution in [0.2, 0.25) is 0 Å². The molecule has 1 amide bonds. The lowest BCUT2D eigenvalue weighted by Gasteiger charge is -2.27. The van der Waals surface area contributed by atoms with E-state index >= 15 is 0 Å². The Morgan fingerprint density at radius 2 is 1.71 bits per heavy atom. The van der Waals surface area contributed by atoms with E-state index in [0.29, 0.717) is 6.07 Å². The number of halogens is 8. The molecule has 134 valence electrons. The molecule has 0 radical (unpaired) electrons. The molecule has 0 aliphatic carbocycles. The third kappa shape index (κ3) is 4.53. The van der Waals surface area contributed by atoms with Crippen LogP contribution >= 0.6 is 15.9 Å². The van der Waals surface area contributed by atoms with Crippen LogP contribution in [0.25, 0.3) is 0 Å². The van der Waals surface area contributed by atoms with E-state index < -0.39 is 40.6 Å². The first-order valence-electron chi connectivity index (χ1n) is 5.45. The molecule has 1 unspecified atom stereocenters. The highest BCUT2D eigenvalue weighted by Crippen LogP contribution is 2.41. The lowest BCUT2D eigenvalue weighted by atomic mass is 10.2. The molecule has 0 saturated heterocycles. The van der Waals surface area contributed by atoms with Crippen LogP contribution in [-0.4, -0.2) is 29.2 Å². The second kappa shape index (κ2) is 6.51. The van der Waals surface area contributed by atoms with Gasteiger partial charge in [-0.2, -0.15) is 17.6 Å². The van der Waals surface area contributed by atoms with Gasteiger partial charge in [0.15, 0.2) is 0 Å². The summed E-state index contributed by atoms with van der Waals surface area (Å²) in [6, 6.07) is 2.14. The van der Waals surface area contributed by atoms with E-state index in [1.165, 1.54) is 5.32 Å². The summed E-state index contributed by atoms with van der Waals surface area (Å²) in [6.45, 7) is 0. The van der Waals surface area contributed by atoms with Gasteiger partial charge in [-0.25, -0.2) is 4.74 Å². The van der Waals surface area contributed by atoms with Crippen molar-refractivity contribution in [1.82, 2.24) is 0 Å². The summed E-state index contributed by atoms with van der Waals surface area (Å²) in [6.07, 6.45) is -12.5. The highest BCUT2D eigenvalue weighted by atomic mass is 79.9. The maximum Gasteiger partial charge on any atom is 0.525 e. The van der Waals surface area contributed by atoms with Crippen LogP contribution in [0.3, 0.4) is 0 Å². The van der Waals surface area contributed by atoms with Crippen LogP contribution in [0.5, 0.6) is 0 Å². The normalized spacial score (nSPS) is 14.8. The molecule has 1 aromatic rings. The minimum atomic E-state index is -6.35. The van der Waals surface area contributed by atoms with Gasteiger partial charge < -0.3 is 5.32 Å². The molecule has 1 aromatic carbocycles. The Hall–Kier alpha value is -1.96. The number of alkyl halides is 7. The van der Waals surface area contributed by atoms with Crippen molar-refractivity contribution in [1.29, 1.82) is 0 Å². The molecule has 0 saturated carbocycles. The number of rotatable bonds is 4. The molecular formula is C10H4BrF7N2O4. The van der Waals surface area contributed by atoms with Crippen molar-refractivity contribution >= 4 is 33.2 Å². The number of benzene rings is 1. The third-order valence-electron chi connectivity index (χ3n) is 2.32. The maximum atomic E-state index is 13.6. The largest absolute Gasteiger partial charge is 0.525 e. The number of carbonyl (C=O) groups is 1. The zero-order valence-electron chi connectivity index (χ0n) is 10.8. The van der Waals surface area contributed by atoms with Gasteiger partial charge in [-0.3, -0.25) is 14.9 Å². The highest BCUT2D eigenvalue weighted by molar-refractivity contribution is 9.10. The van der Waals surface area contributed by atoms with Crippen molar-refractivity contribution in [2.75, 3.05) is 5.32 Å². The molecule has 14 heteroatoms. The highest BCUT2D eigenvalue weighted by Gasteiger charge is 2.68. The topological polar surface area (TPSA) is 81.5 Å². The van der Waals surface area contributed by atoms with Gasteiger partial charge in [0.05, 0.1) is 10.6 Å². The van der Waals surface area contributed by atoms with Crippen LogP contribution in [-0.2, 0) is 9.53 Å². The van der Waals surface area contributed by atoms with Gasteiger partial charge in [-0.1, -0.05) is 0 Å². The smallest absolute Gasteiger partial charge is 0.320 e. The van der Waals surface area contributed by atoms with Crippen LogP contribution in [0.1, 0.15) is 0 Å². The molecule has 0 heterocycles. The molecule has 1 N–H and O–H groups in total. The number of anilines is 1. The molecule has 0 aliphatic heterocycles. The Bertz CT molecular complexity index is 664. The van der Waals surface area contributed by atoms with Gasteiger partial charge in [0.25, 0.3) is 11.6 Å². The third-order valence-corrected chi connectivity index (χ3v) is 2.98. The fourth-order valence-corrected chi connectivity index (χ4v) is 1.78. The summed E-state index contributed by atoms with van der Waals surface area (Å²) >= 11 is 2.64. The van der Waals surface area contributed by atoms with E-state index in [1.54, 1.807) is 0 Å². The Balaban J connectivity index is 3.16. The molecule has 0 fully saturated rings. The number of nitro benzene ring substituents is 1. The fourth-order valence-electron chi connectivity index (χ4n) is 1.31. The van der Waals surface area contributed by atoms with Crippen molar-refractivity contribution in [3.63, 3.8) is 0 Å². The van der Waals surface area contributed by atoms with Gasteiger partial charge in [0.1, 0.15) is 0 Å². The van der Waals surface area contributed by atoms with Crippen LogP contribution in [0.4, 0.5) is 42.1 Å². The van der Waals surface area contributed by atoms with Crippen molar-refractivity contribution in [2.45, 2.75) is 18.4 Å². The number of nitro groups is 1. The van der Waals surface area contributed by atoms with Crippen molar-refractivity contribution in [3.8, 4) is 0 Å². The second-order valence-corrected chi connectivity index (χ2v) is 4.87. The van der Waals surface area contributed by atoms with Gasteiger partial charge in [0.2, 0.25) is 0 Å². The Morgan fingerprint density at radius 3 is 2.08 bits per heavy atom. The predicted octanol–water partition coefficient (Wildman–Crippen LogP) is 4.06. The van der Waals surface area contributed by atoms with E-state index in [1.807, 2.05) is 0 Å². The van der Waals surface area contributed by atoms with E-state index in [-0.39, 0.29) is 4.47 Å². The first-order chi connectivity index (χ1) is 10.7. The number of hydrogen-bond donors (Lipinski definition) is 1. The maximum absolute atomic E-state index is 13.6. The van der Waals surface area contributed by atoms with Crippen molar-refractivity contribution in [3.05, 3.63) is 32.8 Å². The van der Waals surface area contributed by atoms with Crippen LogP contribution < -0.4 is 5.32 Å². The van der Waals surface area contributed by atoms with E-state index in [2.05, 4.69) is 20.7 Å². The Morgan fingerprint density at radius 1 is 1.17 bits per heavy atom. The summed E-state index contributed by atoms with van der Waals surface area (Å²) in [4.78, 5) is 20.9. The molecule has 0 bridgehead atoms. The number of hydrogen-bond acceptors (Lipinski definition) is 4. The Labute approximate surface area is 135 Å². The molecule has 1 rings (SSSR count). The first-order valence-corrected chi connectivity index (χ1v) is 6.24. The summed E-state index contributed by atoms with van der Waals surface area (Å²) in [5.74, 6) is -8.53. The molecular weight excluding hydrogens is 425 g/mol. The predicted molar refractivity (Wildman–Crippen MR) is 66.5 cm³/mol. The van der Waals surface area contributed by atoms with E-state index in [0.717, 1.165) is 12.1 Å². The van der Waals surface area contributed by atoms with Gasteiger partial charge >= 0.3 is 18.4 Å².